The van der Waals surface area contributed by atoms with E-state index in [2.05, 4.69) is 13.8 Å². The molecular weight excluding hydrogens is 340 g/mol. The fourth-order valence-electron chi connectivity index (χ4n) is 8.07. The van der Waals surface area contributed by atoms with Crippen molar-refractivity contribution in [2.45, 2.75) is 85.2 Å². The molecule has 4 heteroatoms. The Balaban J connectivity index is 1.69. The molecule has 0 amide bonds. The molecule has 0 aromatic carbocycles. The fourth-order valence-corrected chi connectivity index (χ4v) is 8.07. The number of carbonyl (C=O) groups is 3. The van der Waals surface area contributed by atoms with E-state index >= 15 is 0 Å². The molecule has 4 saturated carbocycles. The number of hydrogen-bond acceptors (Lipinski definition) is 4. The molecule has 4 fully saturated rings. The van der Waals surface area contributed by atoms with E-state index in [1.165, 1.54) is 6.92 Å². The van der Waals surface area contributed by atoms with E-state index < -0.39 is 0 Å². The second kappa shape index (κ2) is 6.42. The van der Waals surface area contributed by atoms with Gasteiger partial charge in [-0.25, -0.2) is 0 Å². The van der Waals surface area contributed by atoms with Crippen LogP contribution < -0.4 is 0 Å². The molecule has 8 atom stereocenters. The molecule has 0 aliphatic heterocycles. The third-order valence-electron chi connectivity index (χ3n) is 9.28. The SMILES string of the molecule is CC(=O)O[C@H]1CC2C3CCC(C(C)=O)C3(C)CC[C@@H]2C2(C)CCC(=O)CC12. The van der Waals surface area contributed by atoms with Gasteiger partial charge in [0.05, 0.1) is 0 Å². The van der Waals surface area contributed by atoms with Crippen LogP contribution in [0.5, 0.6) is 0 Å². The first-order chi connectivity index (χ1) is 12.7. The standard InChI is InChI=1S/C23H34O4/c1-13(24)17-5-6-18-16-12-21(27-14(2)25)20-11-15(26)7-9-23(20,4)19(16)8-10-22(17,18)3/h16-21H,5-12H2,1-4H3/t16?,17?,18?,19-,20?,21-,22?,23?/m0/s1. The highest BCUT2D eigenvalue weighted by molar-refractivity contribution is 5.80. The molecule has 0 radical (unpaired) electrons. The van der Waals surface area contributed by atoms with Crippen LogP contribution in [0.2, 0.25) is 0 Å². The van der Waals surface area contributed by atoms with Crippen LogP contribution in [0, 0.1) is 40.4 Å². The summed E-state index contributed by atoms with van der Waals surface area (Å²) in [5, 5.41) is 0. The van der Waals surface area contributed by atoms with Crippen LogP contribution in [0.1, 0.15) is 79.1 Å². The average molecular weight is 375 g/mol. The van der Waals surface area contributed by atoms with E-state index in [9.17, 15) is 14.4 Å². The van der Waals surface area contributed by atoms with Crippen LogP contribution >= 0.6 is 0 Å². The van der Waals surface area contributed by atoms with Crippen molar-refractivity contribution >= 4 is 17.5 Å². The van der Waals surface area contributed by atoms with Crippen LogP contribution in [0.3, 0.4) is 0 Å². The summed E-state index contributed by atoms with van der Waals surface area (Å²) in [6.07, 6.45) is 7.29. The maximum atomic E-state index is 12.3. The summed E-state index contributed by atoms with van der Waals surface area (Å²) < 4.78 is 5.82. The van der Waals surface area contributed by atoms with Crippen molar-refractivity contribution in [3.8, 4) is 0 Å². The molecule has 6 unspecified atom stereocenters. The average Bonchev–Trinajstić information content (AvgIpc) is 2.93. The van der Waals surface area contributed by atoms with Gasteiger partial charge in [-0.15, -0.1) is 0 Å². The van der Waals surface area contributed by atoms with E-state index in [0.717, 1.165) is 38.5 Å². The van der Waals surface area contributed by atoms with Crippen LogP contribution in [0.15, 0.2) is 0 Å². The third kappa shape index (κ3) is 2.81. The van der Waals surface area contributed by atoms with Gasteiger partial charge in [0.15, 0.2) is 0 Å². The smallest absolute Gasteiger partial charge is 0.302 e. The van der Waals surface area contributed by atoms with Gasteiger partial charge in [0.1, 0.15) is 17.7 Å². The number of rotatable bonds is 2. The maximum absolute atomic E-state index is 12.3. The molecule has 0 N–H and O–H groups in total. The Morgan fingerprint density at radius 3 is 2.33 bits per heavy atom. The molecule has 0 aromatic rings. The number of fused-ring (bicyclic) bond motifs is 5. The number of carbonyl (C=O) groups excluding carboxylic acids is 3. The Morgan fingerprint density at radius 2 is 1.67 bits per heavy atom. The monoisotopic (exact) mass is 374 g/mol. The zero-order valence-electron chi connectivity index (χ0n) is 17.3. The van der Waals surface area contributed by atoms with Crippen molar-refractivity contribution in [3.05, 3.63) is 0 Å². The predicted octanol–water partition coefficient (Wildman–Crippen LogP) is 4.35. The van der Waals surface area contributed by atoms with Gasteiger partial charge in [-0.2, -0.15) is 0 Å². The number of ketones is 2. The predicted molar refractivity (Wildman–Crippen MR) is 102 cm³/mol. The molecule has 27 heavy (non-hydrogen) atoms. The maximum Gasteiger partial charge on any atom is 0.302 e. The summed E-state index contributed by atoms with van der Waals surface area (Å²) >= 11 is 0. The summed E-state index contributed by atoms with van der Waals surface area (Å²) in [6.45, 7) is 7.95. The molecule has 150 valence electrons. The molecule has 0 heterocycles. The normalized spacial score (nSPS) is 49.0. The number of ether oxygens (including phenoxy) is 1. The number of Topliss-reactive ketones (excluding diaryl/α,β-unsaturated/α-hetero) is 2. The van der Waals surface area contributed by atoms with Crippen molar-refractivity contribution in [1.29, 1.82) is 0 Å². The lowest BCUT2D eigenvalue weighted by atomic mass is 9.44. The largest absolute Gasteiger partial charge is 0.462 e. The highest BCUT2D eigenvalue weighted by Gasteiger charge is 2.63. The quantitative estimate of drug-likeness (QED) is 0.675. The van der Waals surface area contributed by atoms with E-state index in [1.54, 1.807) is 6.92 Å². The lowest BCUT2D eigenvalue weighted by Crippen LogP contribution is -2.58. The van der Waals surface area contributed by atoms with E-state index in [-0.39, 0.29) is 34.7 Å². The molecule has 0 aromatic heterocycles. The molecule has 0 bridgehead atoms. The van der Waals surface area contributed by atoms with Gasteiger partial charge in [0.25, 0.3) is 0 Å². The zero-order valence-corrected chi connectivity index (χ0v) is 17.3. The minimum Gasteiger partial charge on any atom is -0.462 e. The van der Waals surface area contributed by atoms with Gasteiger partial charge in [-0.05, 0) is 74.0 Å². The first-order valence-corrected chi connectivity index (χ1v) is 10.9. The lowest BCUT2D eigenvalue weighted by Gasteiger charge is -2.61. The molecular formula is C23H34O4. The van der Waals surface area contributed by atoms with Crippen LogP contribution in [-0.4, -0.2) is 23.6 Å². The van der Waals surface area contributed by atoms with Crippen molar-refractivity contribution in [1.82, 2.24) is 0 Å². The minimum atomic E-state index is -0.231. The Morgan fingerprint density at radius 1 is 0.963 bits per heavy atom. The molecule has 4 aliphatic carbocycles. The first-order valence-electron chi connectivity index (χ1n) is 10.9. The number of esters is 1. The lowest BCUT2D eigenvalue weighted by molar-refractivity contribution is -0.186. The third-order valence-corrected chi connectivity index (χ3v) is 9.28. The summed E-state index contributed by atoms with van der Waals surface area (Å²) in [5.41, 5.74) is 0.175. The topological polar surface area (TPSA) is 60.4 Å². The second-order valence-corrected chi connectivity index (χ2v) is 10.4. The summed E-state index contributed by atoms with van der Waals surface area (Å²) in [7, 11) is 0. The minimum absolute atomic E-state index is 0.0760. The van der Waals surface area contributed by atoms with E-state index in [4.69, 9.17) is 4.74 Å². The van der Waals surface area contributed by atoms with E-state index in [1.807, 2.05) is 0 Å². The van der Waals surface area contributed by atoms with Crippen molar-refractivity contribution in [2.75, 3.05) is 0 Å². The summed E-state index contributed by atoms with van der Waals surface area (Å²) in [5.74, 6) is 2.43. The molecule has 0 saturated heterocycles. The Hall–Kier alpha value is -1.19. The Bertz CT molecular complexity index is 669. The van der Waals surface area contributed by atoms with Crippen LogP contribution in [0.4, 0.5) is 0 Å². The molecule has 4 aliphatic rings. The van der Waals surface area contributed by atoms with E-state index in [0.29, 0.717) is 42.2 Å². The first kappa shape index (κ1) is 19.1. The molecule has 0 spiro atoms. The van der Waals surface area contributed by atoms with Crippen molar-refractivity contribution < 1.29 is 19.1 Å². The van der Waals surface area contributed by atoms with Gasteiger partial charge in [0, 0.05) is 31.6 Å². The van der Waals surface area contributed by atoms with Gasteiger partial charge < -0.3 is 4.74 Å². The highest BCUT2D eigenvalue weighted by atomic mass is 16.5. The van der Waals surface area contributed by atoms with Crippen LogP contribution in [0.25, 0.3) is 0 Å². The Kier molecular flexibility index (Phi) is 4.55. The zero-order chi connectivity index (χ0) is 19.6. The fraction of sp³-hybridized carbons (Fsp3) is 0.870. The Labute approximate surface area is 162 Å². The summed E-state index contributed by atoms with van der Waals surface area (Å²) in [6, 6.07) is 0. The van der Waals surface area contributed by atoms with Crippen molar-refractivity contribution in [2.24, 2.45) is 40.4 Å². The summed E-state index contributed by atoms with van der Waals surface area (Å²) in [4.78, 5) is 36.3. The number of hydrogen-bond donors (Lipinski definition) is 0. The van der Waals surface area contributed by atoms with Crippen LogP contribution in [-0.2, 0) is 19.1 Å². The van der Waals surface area contributed by atoms with Gasteiger partial charge in [-0.3, -0.25) is 14.4 Å². The molecule has 4 rings (SSSR count). The second-order valence-electron chi connectivity index (χ2n) is 10.4. The van der Waals surface area contributed by atoms with Gasteiger partial charge in [-0.1, -0.05) is 13.8 Å². The highest BCUT2D eigenvalue weighted by Crippen LogP contribution is 2.67. The van der Waals surface area contributed by atoms with Gasteiger partial charge in [0.2, 0.25) is 0 Å². The molecule has 4 nitrogen and oxygen atoms in total. The van der Waals surface area contributed by atoms with Crippen molar-refractivity contribution in [3.63, 3.8) is 0 Å². The van der Waals surface area contributed by atoms with Gasteiger partial charge >= 0.3 is 5.97 Å².